The molecule has 0 radical (unpaired) electrons. The lowest BCUT2D eigenvalue weighted by Gasteiger charge is -2.39. The van der Waals surface area contributed by atoms with Gasteiger partial charge in [0, 0.05) is 18.3 Å². The molecule has 0 aliphatic carbocycles. The van der Waals surface area contributed by atoms with Crippen molar-refractivity contribution in [3.05, 3.63) is 80.3 Å². The molecule has 0 unspecified atom stereocenters. The average Bonchev–Trinajstić information content (AvgIpc) is 3.06. The van der Waals surface area contributed by atoms with Crippen LogP contribution in [-0.4, -0.2) is 43.5 Å². The van der Waals surface area contributed by atoms with Crippen molar-refractivity contribution in [2.75, 3.05) is 11.7 Å². The van der Waals surface area contributed by atoms with E-state index in [1.807, 2.05) is 0 Å². The Kier molecular flexibility index (Phi) is 5.17. The number of rotatable bonds is 5. The first-order valence-electron chi connectivity index (χ1n) is 9.60. The van der Waals surface area contributed by atoms with E-state index in [9.17, 15) is 29.0 Å². The van der Waals surface area contributed by atoms with Crippen molar-refractivity contribution in [2.45, 2.75) is 26.9 Å². The highest BCUT2D eigenvalue weighted by atomic mass is 19.1. The van der Waals surface area contributed by atoms with E-state index >= 15 is 0 Å². The fourth-order valence-corrected chi connectivity index (χ4v) is 3.61. The molecular formula is C21H19FN4O6. The van der Waals surface area contributed by atoms with E-state index in [0.717, 1.165) is 6.20 Å². The number of halogens is 1. The quantitative estimate of drug-likeness (QED) is 0.611. The second kappa shape index (κ2) is 7.84. The fourth-order valence-electron chi connectivity index (χ4n) is 3.61. The highest BCUT2D eigenvalue weighted by Gasteiger charge is 2.35. The van der Waals surface area contributed by atoms with Crippen LogP contribution in [0.1, 0.15) is 43.4 Å². The van der Waals surface area contributed by atoms with Crippen LogP contribution in [0, 0.1) is 19.7 Å². The smallest absolute Gasteiger partial charge is 0.341 e. The van der Waals surface area contributed by atoms with E-state index in [1.54, 1.807) is 18.9 Å². The number of carbonyl (C=O) groups excluding carboxylic acids is 1. The van der Waals surface area contributed by atoms with Crippen molar-refractivity contribution in [3.63, 3.8) is 0 Å². The van der Waals surface area contributed by atoms with Gasteiger partial charge in [-0.1, -0.05) is 17.3 Å². The lowest BCUT2D eigenvalue weighted by atomic mass is 10.1. The fraction of sp³-hybridized carbons (Fsp3) is 0.238. The predicted molar refractivity (Wildman–Crippen MR) is 108 cm³/mol. The molecule has 3 aromatic rings. The molecule has 0 fully saturated rings. The summed E-state index contributed by atoms with van der Waals surface area (Å²) in [5.41, 5.74) is -0.237. The third kappa shape index (κ3) is 3.57. The number of carboxylic acids is 1. The van der Waals surface area contributed by atoms with Crippen molar-refractivity contribution in [3.8, 4) is 5.75 Å². The number of aryl methyl sites for hydroxylation is 2. The molecule has 2 aromatic heterocycles. The van der Waals surface area contributed by atoms with Crippen LogP contribution in [0.2, 0.25) is 0 Å². The van der Waals surface area contributed by atoms with Gasteiger partial charge in [-0.3, -0.25) is 19.3 Å². The highest BCUT2D eigenvalue weighted by Crippen LogP contribution is 2.25. The molecule has 1 amide bonds. The summed E-state index contributed by atoms with van der Waals surface area (Å²) < 4.78 is 19.6. The van der Waals surface area contributed by atoms with Crippen LogP contribution in [0.25, 0.3) is 0 Å². The summed E-state index contributed by atoms with van der Waals surface area (Å²) in [6.07, 6.45) is 1.02. The molecule has 32 heavy (non-hydrogen) atoms. The van der Waals surface area contributed by atoms with E-state index in [4.69, 9.17) is 4.52 Å². The Labute approximate surface area is 180 Å². The number of hydrogen-bond donors (Lipinski definition) is 2. The molecule has 1 aliphatic rings. The summed E-state index contributed by atoms with van der Waals surface area (Å²) in [6.45, 7) is 3.68. The summed E-state index contributed by atoms with van der Waals surface area (Å²) in [4.78, 5) is 38.4. The second-order valence-corrected chi connectivity index (χ2v) is 7.46. The van der Waals surface area contributed by atoms with Gasteiger partial charge >= 0.3 is 5.97 Å². The lowest BCUT2D eigenvalue weighted by Crippen LogP contribution is -2.53. The van der Waals surface area contributed by atoms with Gasteiger partial charge in [0.1, 0.15) is 23.8 Å². The zero-order valence-corrected chi connectivity index (χ0v) is 17.2. The molecule has 1 aliphatic heterocycles. The maximum Gasteiger partial charge on any atom is 0.341 e. The Morgan fingerprint density at radius 1 is 1.19 bits per heavy atom. The van der Waals surface area contributed by atoms with Crippen LogP contribution >= 0.6 is 0 Å². The minimum absolute atomic E-state index is 0.00532. The SMILES string of the molecule is Cc1noc(C)c1CN1CN(Cc2ccc(F)cc2)C(=O)c2c(O)c(=O)c(C(=O)O)cn21. The maximum atomic E-state index is 13.3. The largest absolute Gasteiger partial charge is 0.502 e. The average molecular weight is 442 g/mol. The minimum Gasteiger partial charge on any atom is -0.502 e. The molecule has 4 rings (SSSR count). The van der Waals surface area contributed by atoms with Crippen LogP contribution in [0.3, 0.4) is 0 Å². The van der Waals surface area contributed by atoms with Crippen molar-refractivity contribution < 1.29 is 28.7 Å². The Morgan fingerprint density at radius 3 is 2.47 bits per heavy atom. The standard InChI is InChI=1S/C21H19FN4O6/c1-11-15(12(2)32-23-11)8-25-10-24(7-13-3-5-14(22)6-4-13)20(29)17-19(28)18(27)16(21(30)31)9-26(17)25/h3-6,9,28H,7-8,10H2,1-2H3,(H,30,31). The number of hydrogen-bond acceptors (Lipinski definition) is 7. The first kappa shape index (κ1) is 21.1. The molecule has 0 atom stereocenters. The number of benzene rings is 1. The van der Waals surface area contributed by atoms with Gasteiger partial charge in [-0.25, -0.2) is 9.18 Å². The number of pyridine rings is 1. The van der Waals surface area contributed by atoms with Crippen LogP contribution in [0.4, 0.5) is 4.39 Å². The monoisotopic (exact) mass is 442 g/mol. The third-order valence-electron chi connectivity index (χ3n) is 5.33. The molecule has 0 spiro atoms. The Morgan fingerprint density at radius 2 is 1.88 bits per heavy atom. The van der Waals surface area contributed by atoms with E-state index in [0.29, 0.717) is 22.6 Å². The molecule has 1 aromatic carbocycles. The molecule has 3 heterocycles. The topological polar surface area (TPSA) is 129 Å². The zero-order valence-electron chi connectivity index (χ0n) is 17.2. The van der Waals surface area contributed by atoms with Gasteiger partial charge in [-0.15, -0.1) is 0 Å². The molecule has 166 valence electrons. The minimum atomic E-state index is -1.53. The first-order chi connectivity index (χ1) is 15.2. The van der Waals surface area contributed by atoms with Crippen molar-refractivity contribution >= 4 is 11.9 Å². The zero-order chi connectivity index (χ0) is 23.2. The van der Waals surface area contributed by atoms with Gasteiger partial charge in [-0.05, 0) is 31.5 Å². The highest BCUT2D eigenvalue weighted by molar-refractivity contribution is 5.97. The van der Waals surface area contributed by atoms with E-state index in [-0.39, 0.29) is 25.5 Å². The number of nitrogens with zero attached hydrogens (tertiary/aromatic N) is 4. The molecule has 0 saturated heterocycles. The number of fused-ring (bicyclic) bond motifs is 1. The summed E-state index contributed by atoms with van der Waals surface area (Å²) in [6, 6.07) is 5.58. The number of carboxylic acid groups (broad SMARTS) is 1. The van der Waals surface area contributed by atoms with Crippen LogP contribution in [-0.2, 0) is 13.1 Å². The Bertz CT molecular complexity index is 1260. The van der Waals surface area contributed by atoms with Gasteiger partial charge in [0.25, 0.3) is 5.91 Å². The molecular weight excluding hydrogens is 423 g/mol. The number of aromatic carboxylic acids is 1. The van der Waals surface area contributed by atoms with Crippen molar-refractivity contribution in [1.29, 1.82) is 0 Å². The van der Waals surface area contributed by atoms with Crippen LogP contribution in [0.5, 0.6) is 5.75 Å². The maximum absolute atomic E-state index is 13.3. The third-order valence-corrected chi connectivity index (χ3v) is 5.33. The summed E-state index contributed by atoms with van der Waals surface area (Å²) in [7, 11) is 0. The molecule has 11 heteroatoms. The van der Waals surface area contributed by atoms with Crippen molar-refractivity contribution in [1.82, 2.24) is 14.7 Å². The Hall–Kier alpha value is -4.15. The number of amides is 1. The molecule has 0 bridgehead atoms. The van der Waals surface area contributed by atoms with Crippen molar-refractivity contribution in [2.24, 2.45) is 0 Å². The molecule has 2 N–H and O–H groups in total. The predicted octanol–water partition coefficient (Wildman–Crippen LogP) is 1.75. The van der Waals surface area contributed by atoms with Crippen LogP contribution in [0.15, 0.2) is 39.8 Å². The summed E-state index contributed by atoms with van der Waals surface area (Å²) >= 11 is 0. The first-order valence-corrected chi connectivity index (χ1v) is 9.60. The van der Waals surface area contributed by atoms with Gasteiger partial charge in [-0.2, -0.15) is 0 Å². The normalized spacial score (nSPS) is 13.4. The van der Waals surface area contributed by atoms with E-state index in [1.165, 1.54) is 33.8 Å². The van der Waals surface area contributed by atoms with Gasteiger partial charge in [0.05, 0.1) is 12.2 Å². The van der Waals surface area contributed by atoms with Gasteiger partial charge in [0.2, 0.25) is 5.43 Å². The van der Waals surface area contributed by atoms with Gasteiger partial charge < -0.3 is 19.6 Å². The second-order valence-electron chi connectivity index (χ2n) is 7.46. The van der Waals surface area contributed by atoms with Gasteiger partial charge in [0.15, 0.2) is 11.4 Å². The van der Waals surface area contributed by atoms with Crippen LogP contribution < -0.4 is 10.4 Å². The number of aromatic hydroxyl groups is 1. The summed E-state index contributed by atoms with van der Waals surface area (Å²) in [5, 5.41) is 25.3. The summed E-state index contributed by atoms with van der Waals surface area (Å²) in [5.74, 6) is -3.04. The van der Waals surface area contributed by atoms with E-state index in [2.05, 4.69) is 5.16 Å². The number of aromatic nitrogens is 2. The lowest BCUT2D eigenvalue weighted by molar-refractivity contribution is 0.0654. The van der Waals surface area contributed by atoms with E-state index < -0.39 is 34.4 Å². The number of carbonyl (C=O) groups is 2. The molecule has 0 saturated carbocycles. The Balaban J connectivity index is 1.82. The molecule has 10 nitrogen and oxygen atoms in total.